The molecule has 1 fully saturated rings. The highest BCUT2D eigenvalue weighted by Crippen LogP contribution is 2.35. The summed E-state index contributed by atoms with van der Waals surface area (Å²) < 4.78 is 35.7. The van der Waals surface area contributed by atoms with Crippen LogP contribution in [0.4, 0.5) is 20.2 Å². The number of phenols is 2. The zero-order valence-corrected chi connectivity index (χ0v) is 21.1. The second kappa shape index (κ2) is 10.3. The topological polar surface area (TPSA) is 117 Å². The zero-order valence-electron chi connectivity index (χ0n) is 21.1. The number of benzene rings is 2. The standard InChI is InChI=1S/C28H29F2N5O3/c1-3-15-8-25(36)21(29)10-19(15)17-7-24-27(33-18-5-6-38-14-18)20(12-32-35(24)13-17)28(31)34-23-11-22(30)26(37)9-16(23)4-2/h7-13,18,33,36-37H,3-6,14H2,1-2H3,(H2,31,34)/t18-/m0/s1. The minimum absolute atomic E-state index is 0.0285. The molecule has 0 unspecified atom stereocenters. The number of fused-ring (bicyclic) bond motifs is 1. The Morgan fingerprint density at radius 2 is 1.82 bits per heavy atom. The minimum atomic E-state index is -0.784. The predicted molar refractivity (Wildman–Crippen MR) is 142 cm³/mol. The smallest absolute Gasteiger partial charge is 0.166 e. The maximum atomic E-state index is 14.3. The highest BCUT2D eigenvalue weighted by Gasteiger charge is 2.22. The molecule has 3 heterocycles. The predicted octanol–water partition coefficient (Wildman–Crippen LogP) is 5.05. The molecule has 5 rings (SSSR count). The van der Waals surface area contributed by atoms with Gasteiger partial charge in [0, 0.05) is 24.4 Å². The normalized spacial score (nSPS) is 15.9. The van der Waals surface area contributed by atoms with E-state index in [1.54, 1.807) is 16.9 Å². The highest BCUT2D eigenvalue weighted by molar-refractivity contribution is 6.06. The van der Waals surface area contributed by atoms with Crippen LogP contribution in [0.1, 0.15) is 37.0 Å². The Kier molecular flexibility index (Phi) is 6.90. The number of amidine groups is 1. The van der Waals surface area contributed by atoms with Gasteiger partial charge in [0.15, 0.2) is 23.1 Å². The Balaban J connectivity index is 1.66. The summed E-state index contributed by atoms with van der Waals surface area (Å²) in [5, 5.41) is 27.7. The molecule has 0 saturated carbocycles. The maximum Gasteiger partial charge on any atom is 0.166 e. The van der Waals surface area contributed by atoms with E-state index in [9.17, 15) is 19.0 Å². The van der Waals surface area contributed by atoms with Crippen molar-refractivity contribution in [2.75, 3.05) is 18.5 Å². The van der Waals surface area contributed by atoms with E-state index >= 15 is 0 Å². The van der Waals surface area contributed by atoms with Gasteiger partial charge >= 0.3 is 0 Å². The fourth-order valence-electron chi connectivity index (χ4n) is 4.74. The number of aromatic nitrogens is 2. The van der Waals surface area contributed by atoms with Crippen molar-refractivity contribution in [1.82, 2.24) is 9.61 Å². The number of aliphatic imine (C=N–C) groups is 1. The summed E-state index contributed by atoms with van der Waals surface area (Å²) in [5.74, 6) is -2.20. The molecule has 1 atom stereocenters. The number of aromatic hydroxyl groups is 2. The monoisotopic (exact) mass is 521 g/mol. The lowest BCUT2D eigenvalue weighted by molar-refractivity contribution is 0.195. The molecular weight excluding hydrogens is 492 g/mol. The van der Waals surface area contributed by atoms with Crippen molar-refractivity contribution in [1.29, 1.82) is 0 Å². The number of rotatable bonds is 7. The first-order chi connectivity index (χ1) is 18.3. The number of nitrogens with two attached hydrogens (primary N) is 1. The number of halogens is 2. The molecule has 2 aromatic heterocycles. The first kappa shape index (κ1) is 25.5. The van der Waals surface area contributed by atoms with Crippen LogP contribution in [0.3, 0.4) is 0 Å². The number of anilines is 1. The van der Waals surface area contributed by atoms with Crippen LogP contribution in [0, 0.1) is 11.6 Å². The van der Waals surface area contributed by atoms with Crippen LogP contribution in [0.2, 0.25) is 0 Å². The summed E-state index contributed by atoms with van der Waals surface area (Å²) in [7, 11) is 0. The summed E-state index contributed by atoms with van der Waals surface area (Å²) in [4.78, 5) is 4.50. The Bertz CT molecular complexity index is 1540. The SMILES string of the molecule is CCc1cc(O)c(F)cc1N=C(N)c1cnn2cc(-c3cc(F)c(O)cc3CC)cc2c1N[C@H]1CCOC1. The van der Waals surface area contributed by atoms with E-state index < -0.39 is 17.4 Å². The molecule has 0 spiro atoms. The molecule has 5 N–H and O–H groups in total. The van der Waals surface area contributed by atoms with Gasteiger partial charge in [-0.15, -0.1) is 0 Å². The van der Waals surface area contributed by atoms with Gasteiger partial charge < -0.3 is 26.0 Å². The molecule has 1 aliphatic heterocycles. The lowest BCUT2D eigenvalue weighted by Gasteiger charge is -2.17. The summed E-state index contributed by atoms with van der Waals surface area (Å²) >= 11 is 0. The molecule has 0 amide bonds. The maximum absolute atomic E-state index is 14.3. The summed E-state index contributed by atoms with van der Waals surface area (Å²) in [5.41, 5.74) is 11.5. The summed E-state index contributed by atoms with van der Waals surface area (Å²) in [6.45, 7) is 4.96. The van der Waals surface area contributed by atoms with E-state index in [0.29, 0.717) is 59.6 Å². The molecule has 1 aliphatic rings. The molecule has 10 heteroatoms. The van der Waals surface area contributed by atoms with Crippen LogP contribution in [0.5, 0.6) is 11.5 Å². The van der Waals surface area contributed by atoms with Gasteiger partial charge in [-0.1, -0.05) is 13.8 Å². The Morgan fingerprint density at radius 1 is 1.11 bits per heavy atom. The van der Waals surface area contributed by atoms with Crippen LogP contribution >= 0.6 is 0 Å². The van der Waals surface area contributed by atoms with Gasteiger partial charge in [-0.25, -0.2) is 18.3 Å². The van der Waals surface area contributed by atoms with E-state index in [2.05, 4.69) is 15.4 Å². The third-order valence-corrected chi connectivity index (χ3v) is 6.83. The quantitative estimate of drug-likeness (QED) is 0.200. The van der Waals surface area contributed by atoms with E-state index in [1.807, 2.05) is 19.9 Å². The van der Waals surface area contributed by atoms with Crippen molar-refractivity contribution in [3.8, 4) is 22.6 Å². The first-order valence-electron chi connectivity index (χ1n) is 12.5. The molecule has 198 valence electrons. The molecule has 1 saturated heterocycles. The molecule has 4 aromatic rings. The number of aryl methyl sites for hydroxylation is 2. The average Bonchev–Trinajstić information content (AvgIpc) is 3.57. The fourth-order valence-corrected chi connectivity index (χ4v) is 4.74. The largest absolute Gasteiger partial charge is 0.505 e. The van der Waals surface area contributed by atoms with Gasteiger partial charge in [-0.05, 0) is 60.2 Å². The van der Waals surface area contributed by atoms with E-state index in [1.165, 1.54) is 18.2 Å². The van der Waals surface area contributed by atoms with Gasteiger partial charge in [0.05, 0.1) is 41.3 Å². The third kappa shape index (κ3) is 4.74. The molecule has 0 bridgehead atoms. The van der Waals surface area contributed by atoms with Crippen molar-refractivity contribution < 1.29 is 23.7 Å². The fraction of sp³-hybridized carbons (Fsp3) is 0.286. The summed E-state index contributed by atoms with van der Waals surface area (Å²) in [6, 6.07) is 7.17. The van der Waals surface area contributed by atoms with E-state index in [-0.39, 0.29) is 17.6 Å². The van der Waals surface area contributed by atoms with E-state index in [4.69, 9.17) is 10.5 Å². The number of hydrogen-bond donors (Lipinski definition) is 4. The molecule has 2 aromatic carbocycles. The number of ether oxygens (including phenoxy) is 1. The highest BCUT2D eigenvalue weighted by atomic mass is 19.1. The Morgan fingerprint density at radius 3 is 2.50 bits per heavy atom. The molecule has 0 aliphatic carbocycles. The average molecular weight is 522 g/mol. The Hall–Kier alpha value is -4.18. The number of hydrogen-bond acceptors (Lipinski definition) is 6. The second-order valence-electron chi connectivity index (χ2n) is 9.29. The van der Waals surface area contributed by atoms with Gasteiger partial charge in [0.1, 0.15) is 5.84 Å². The minimum Gasteiger partial charge on any atom is -0.505 e. The molecule has 8 nitrogen and oxygen atoms in total. The van der Waals surface area contributed by atoms with Crippen molar-refractivity contribution in [2.24, 2.45) is 10.7 Å². The number of phenolic OH excluding ortho intramolecular Hbond substituents is 2. The molecule has 0 radical (unpaired) electrons. The van der Waals surface area contributed by atoms with Gasteiger partial charge in [-0.2, -0.15) is 5.10 Å². The van der Waals surface area contributed by atoms with Crippen molar-refractivity contribution in [2.45, 2.75) is 39.2 Å². The molecular formula is C28H29F2N5O3. The summed E-state index contributed by atoms with van der Waals surface area (Å²) in [6.07, 6.45) is 5.28. The van der Waals surface area contributed by atoms with Gasteiger partial charge in [0.2, 0.25) is 0 Å². The van der Waals surface area contributed by atoms with Crippen molar-refractivity contribution in [3.05, 3.63) is 71.1 Å². The molecule has 38 heavy (non-hydrogen) atoms. The Labute approximate surface area is 218 Å². The van der Waals surface area contributed by atoms with Gasteiger partial charge in [0.25, 0.3) is 0 Å². The van der Waals surface area contributed by atoms with Crippen LogP contribution in [-0.4, -0.2) is 44.9 Å². The first-order valence-corrected chi connectivity index (χ1v) is 12.5. The van der Waals surface area contributed by atoms with Crippen LogP contribution in [-0.2, 0) is 17.6 Å². The second-order valence-corrected chi connectivity index (χ2v) is 9.29. The van der Waals surface area contributed by atoms with E-state index in [0.717, 1.165) is 23.6 Å². The van der Waals surface area contributed by atoms with Crippen molar-refractivity contribution >= 4 is 22.7 Å². The lowest BCUT2D eigenvalue weighted by Crippen LogP contribution is -2.24. The zero-order chi connectivity index (χ0) is 27.0. The van der Waals surface area contributed by atoms with Crippen LogP contribution in [0.15, 0.2) is 47.7 Å². The lowest BCUT2D eigenvalue weighted by atomic mass is 9.99. The van der Waals surface area contributed by atoms with Gasteiger partial charge in [-0.3, -0.25) is 0 Å². The number of nitrogens with zero attached hydrogens (tertiary/aromatic N) is 3. The third-order valence-electron chi connectivity index (χ3n) is 6.83. The van der Waals surface area contributed by atoms with Crippen LogP contribution < -0.4 is 11.1 Å². The number of nitrogens with one attached hydrogen (secondary N) is 1. The van der Waals surface area contributed by atoms with Crippen LogP contribution in [0.25, 0.3) is 16.6 Å². The van der Waals surface area contributed by atoms with Crippen molar-refractivity contribution in [3.63, 3.8) is 0 Å².